The van der Waals surface area contributed by atoms with Gasteiger partial charge in [0.25, 0.3) is 0 Å². The predicted molar refractivity (Wildman–Crippen MR) is 82.0 cm³/mol. The van der Waals surface area contributed by atoms with Crippen molar-refractivity contribution in [1.29, 1.82) is 0 Å². The maximum absolute atomic E-state index is 6.06. The quantitative estimate of drug-likeness (QED) is 0.923. The summed E-state index contributed by atoms with van der Waals surface area (Å²) in [6.07, 6.45) is 2.52. The fourth-order valence-corrected chi connectivity index (χ4v) is 3.31. The number of nitrogens with two attached hydrogens (primary N) is 1. The molecule has 108 valence electrons. The van der Waals surface area contributed by atoms with E-state index in [1.165, 1.54) is 25.1 Å². The van der Waals surface area contributed by atoms with Crippen LogP contribution in [0.2, 0.25) is 0 Å². The van der Waals surface area contributed by atoms with Crippen LogP contribution in [0.25, 0.3) is 0 Å². The number of piperidine rings is 1. The molecule has 1 aliphatic rings. The average Bonchev–Trinajstić information content (AvgIpc) is 2.67. The van der Waals surface area contributed by atoms with Crippen molar-refractivity contribution in [2.75, 3.05) is 13.1 Å². The SMILES string of the molecule is CCn1nc(C)c(Br)c1CN1CCCC(C(C)N)C1. The van der Waals surface area contributed by atoms with Gasteiger partial charge < -0.3 is 5.73 Å². The molecule has 5 heteroatoms. The van der Waals surface area contributed by atoms with Crippen LogP contribution in [0.4, 0.5) is 0 Å². The van der Waals surface area contributed by atoms with E-state index in [-0.39, 0.29) is 0 Å². The van der Waals surface area contributed by atoms with Gasteiger partial charge in [0.05, 0.1) is 15.9 Å². The minimum absolute atomic E-state index is 0.295. The average molecular weight is 329 g/mol. The number of rotatable bonds is 4. The van der Waals surface area contributed by atoms with Gasteiger partial charge in [-0.25, -0.2) is 0 Å². The van der Waals surface area contributed by atoms with Crippen LogP contribution < -0.4 is 5.73 Å². The molecule has 1 aliphatic heterocycles. The molecule has 2 heterocycles. The number of likely N-dealkylation sites (tertiary alicyclic amines) is 1. The van der Waals surface area contributed by atoms with Gasteiger partial charge >= 0.3 is 0 Å². The summed E-state index contributed by atoms with van der Waals surface area (Å²) in [6.45, 7) is 10.5. The number of hydrogen-bond acceptors (Lipinski definition) is 3. The summed E-state index contributed by atoms with van der Waals surface area (Å²) >= 11 is 3.68. The monoisotopic (exact) mass is 328 g/mol. The second-order valence-corrected chi connectivity index (χ2v) is 6.45. The van der Waals surface area contributed by atoms with Crippen LogP contribution in [-0.2, 0) is 13.1 Å². The first-order valence-electron chi connectivity index (χ1n) is 7.22. The molecular weight excluding hydrogens is 304 g/mol. The molecule has 1 fully saturated rings. The van der Waals surface area contributed by atoms with Crippen molar-refractivity contribution in [3.8, 4) is 0 Å². The fourth-order valence-electron chi connectivity index (χ4n) is 2.90. The Kier molecular flexibility index (Phi) is 5.03. The normalized spacial score (nSPS) is 22.7. The molecular formula is C14H25BrN4. The summed E-state index contributed by atoms with van der Waals surface area (Å²) in [6, 6.07) is 0.295. The van der Waals surface area contributed by atoms with E-state index in [1.807, 2.05) is 0 Å². The molecule has 0 bridgehead atoms. The van der Waals surface area contributed by atoms with Gasteiger partial charge in [-0.1, -0.05) is 0 Å². The van der Waals surface area contributed by atoms with Crippen LogP contribution in [-0.4, -0.2) is 33.8 Å². The van der Waals surface area contributed by atoms with Gasteiger partial charge in [-0.15, -0.1) is 0 Å². The van der Waals surface area contributed by atoms with Crippen molar-refractivity contribution in [1.82, 2.24) is 14.7 Å². The summed E-state index contributed by atoms with van der Waals surface area (Å²) in [5.74, 6) is 0.631. The highest BCUT2D eigenvalue weighted by atomic mass is 79.9. The van der Waals surface area contributed by atoms with E-state index in [9.17, 15) is 0 Å². The summed E-state index contributed by atoms with van der Waals surface area (Å²) < 4.78 is 3.27. The molecule has 2 N–H and O–H groups in total. The molecule has 2 rings (SSSR count). The van der Waals surface area contributed by atoms with Gasteiger partial charge in [-0.2, -0.15) is 5.10 Å². The minimum atomic E-state index is 0.295. The van der Waals surface area contributed by atoms with Gasteiger partial charge in [0.1, 0.15) is 0 Å². The van der Waals surface area contributed by atoms with Crippen LogP contribution in [0.3, 0.4) is 0 Å². The van der Waals surface area contributed by atoms with Crippen LogP contribution in [0.5, 0.6) is 0 Å². The summed E-state index contributed by atoms with van der Waals surface area (Å²) in [5.41, 5.74) is 8.44. The second kappa shape index (κ2) is 6.37. The first kappa shape index (κ1) is 15.0. The Hall–Kier alpha value is -0.390. The van der Waals surface area contributed by atoms with Crippen molar-refractivity contribution in [3.63, 3.8) is 0 Å². The third-order valence-corrected chi connectivity index (χ3v) is 5.14. The Labute approximate surface area is 124 Å². The van der Waals surface area contributed by atoms with Crippen molar-refractivity contribution < 1.29 is 0 Å². The Morgan fingerprint density at radius 2 is 2.26 bits per heavy atom. The van der Waals surface area contributed by atoms with Gasteiger partial charge in [0.2, 0.25) is 0 Å². The molecule has 4 nitrogen and oxygen atoms in total. The predicted octanol–water partition coefficient (Wildman–Crippen LogP) is 2.53. The molecule has 1 aromatic heterocycles. The zero-order valence-electron chi connectivity index (χ0n) is 12.2. The van der Waals surface area contributed by atoms with Crippen molar-refractivity contribution >= 4 is 15.9 Å². The smallest absolute Gasteiger partial charge is 0.0739 e. The summed E-state index contributed by atoms with van der Waals surface area (Å²) in [4.78, 5) is 2.52. The van der Waals surface area contributed by atoms with Gasteiger partial charge in [-0.05, 0) is 62.0 Å². The lowest BCUT2D eigenvalue weighted by atomic mass is 9.92. The Morgan fingerprint density at radius 3 is 2.89 bits per heavy atom. The van der Waals surface area contributed by atoms with E-state index < -0.39 is 0 Å². The standard InChI is InChI=1S/C14H25BrN4/c1-4-19-13(14(15)11(3)17-19)9-18-7-5-6-12(8-18)10(2)16/h10,12H,4-9,16H2,1-3H3. The number of nitrogens with zero attached hydrogens (tertiary/aromatic N) is 3. The Bertz CT molecular complexity index is 427. The molecule has 0 saturated carbocycles. The van der Waals surface area contributed by atoms with E-state index in [0.717, 1.165) is 29.8 Å². The Morgan fingerprint density at radius 1 is 1.53 bits per heavy atom. The van der Waals surface area contributed by atoms with E-state index in [4.69, 9.17) is 5.73 Å². The summed E-state index contributed by atoms with van der Waals surface area (Å²) in [5, 5.41) is 4.57. The number of halogens is 1. The lowest BCUT2D eigenvalue weighted by Crippen LogP contribution is -2.42. The van der Waals surface area contributed by atoms with Crippen LogP contribution in [0, 0.1) is 12.8 Å². The molecule has 0 aliphatic carbocycles. The summed E-state index contributed by atoms with van der Waals surface area (Å²) in [7, 11) is 0. The molecule has 0 aromatic carbocycles. The molecule has 2 unspecified atom stereocenters. The maximum Gasteiger partial charge on any atom is 0.0739 e. The van der Waals surface area contributed by atoms with Crippen molar-refractivity contribution in [2.24, 2.45) is 11.7 Å². The second-order valence-electron chi connectivity index (χ2n) is 5.66. The van der Waals surface area contributed by atoms with E-state index in [0.29, 0.717) is 12.0 Å². The Balaban J connectivity index is 2.08. The van der Waals surface area contributed by atoms with Crippen LogP contribution in [0.1, 0.15) is 38.1 Å². The third-order valence-electron chi connectivity index (χ3n) is 4.11. The van der Waals surface area contributed by atoms with E-state index in [1.54, 1.807) is 0 Å². The lowest BCUT2D eigenvalue weighted by Gasteiger charge is -2.34. The molecule has 1 aromatic rings. The van der Waals surface area contributed by atoms with Gasteiger partial charge in [0.15, 0.2) is 0 Å². The van der Waals surface area contributed by atoms with E-state index >= 15 is 0 Å². The highest BCUT2D eigenvalue weighted by Gasteiger charge is 2.24. The highest BCUT2D eigenvalue weighted by Crippen LogP contribution is 2.25. The fraction of sp³-hybridized carbons (Fsp3) is 0.786. The molecule has 0 amide bonds. The number of aromatic nitrogens is 2. The molecule has 0 radical (unpaired) electrons. The van der Waals surface area contributed by atoms with Crippen LogP contribution in [0.15, 0.2) is 4.47 Å². The first-order valence-corrected chi connectivity index (χ1v) is 8.02. The van der Waals surface area contributed by atoms with Crippen molar-refractivity contribution in [3.05, 3.63) is 15.9 Å². The van der Waals surface area contributed by atoms with Crippen LogP contribution >= 0.6 is 15.9 Å². The van der Waals surface area contributed by atoms with Gasteiger partial charge in [0, 0.05) is 25.7 Å². The molecule has 0 spiro atoms. The third kappa shape index (κ3) is 3.38. The zero-order valence-corrected chi connectivity index (χ0v) is 13.8. The molecule has 19 heavy (non-hydrogen) atoms. The molecule has 1 saturated heterocycles. The minimum Gasteiger partial charge on any atom is -0.328 e. The van der Waals surface area contributed by atoms with Crippen molar-refractivity contribution in [2.45, 2.75) is 52.7 Å². The highest BCUT2D eigenvalue weighted by molar-refractivity contribution is 9.10. The maximum atomic E-state index is 6.06. The topological polar surface area (TPSA) is 47.1 Å². The molecule has 2 atom stereocenters. The lowest BCUT2D eigenvalue weighted by molar-refractivity contribution is 0.150. The van der Waals surface area contributed by atoms with Gasteiger partial charge in [-0.3, -0.25) is 9.58 Å². The largest absolute Gasteiger partial charge is 0.328 e. The van der Waals surface area contributed by atoms with E-state index in [2.05, 4.69) is 51.4 Å². The number of aryl methyl sites for hydroxylation is 2. The number of hydrogen-bond donors (Lipinski definition) is 1. The first-order chi connectivity index (χ1) is 9.02. The zero-order chi connectivity index (χ0) is 14.0.